The number of aromatic nitrogens is 3. The maximum atomic E-state index is 13.5. The largest absolute Gasteiger partial charge is 0.508 e. The normalized spacial score (nSPS) is 15.4. The fourth-order valence-electron chi connectivity index (χ4n) is 5.34. The van der Waals surface area contributed by atoms with Crippen molar-refractivity contribution >= 4 is 17.8 Å². The van der Waals surface area contributed by atoms with Gasteiger partial charge in [-0.05, 0) is 119 Å². The van der Waals surface area contributed by atoms with Crippen molar-refractivity contribution in [1.82, 2.24) is 25.2 Å². The van der Waals surface area contributed by atoms with Gasteiger partial charge in [0.2, 0.25) is 0 Å². The molecule has 4 aromatic rings. The van der Waals surface area contributed by atoms with E-state index in [4.69, 9.17) is 9.72 Å². The topological polar surface area (TPSA) is 130 Å². The third-order valence-corrected chi connectivity index (χ3v) is 7.48. The summed E-state index contributed by atoms with van der Waals surface area (Å²) in [6.45, 7) is 11.6. The van der Waals surface area contributed by atoms with Crippen LogP contribution in [0.5, 0.6) is 5.75 Å². The average Bonchev–Trinajstić information content (AvgIpc) is 2.97. The zero-order valence-corrected chi connectivity index (χ0v) is 26.4. The first kappa shape index (κ1) is 31.6. The van der Waals surface area contributed by atoms with Gasteiger partial charge in [0, 0.05) is 42.8 Å². The van der Waals surface area contributed by atoms with Crippen molar-refractivity contribution in [1.29, 1.82) is 0 Å². The van der Waals surface area contributed by atoms with Crippen molar-refractivity contribution in [2.75, 3.05) is 18.4 Å². The summed E-state index contributed by atoms with van der Waals surface area (Å²) in [4.78, 5) is 41.7. The van der Waals surface area contributed by atoms with Crippen LogP contribution in [0.3, 0.4) is 0 Å². The molecule has 1 atom stereocenters. The lowest BCUT2D eigenvalue weighted by Crippen LogP contribution is -2.48. The van der Waals surface area contributed by atoms with Crippen molar-refractivity contribution in [2.24, 2.45) is 0 Å². The van der Waals surface area contributed by atoms with Gasteiger partial charge in [-0.15, -0.1) is 0 Å². The van der Waals surface area contributed by atoms with Gasteiger partial charge in [-0.3, -0.25) is 19.7 Å². The second kappa shape index (κ2) is 13.4. The smallest absolute Gasteiger partial charge is 0.407 e. The summed E-state index contributed by atoms with van der Waals surface area (Å²) in [5.74, 6) is 0.197. The van der Waals surface area contributed by atoms with Gasteiger partial charge in [0.05, 0.1) is 5.69 Å². The van der Waals surface area contributed by atoms with Gasteiger partial charge in [-0.1, -0.05) is 12.1 Å². The number of anilines is 1. The minimum absolute atomic E-state index is 0.0224. The minimum Gasteiger partial charge on any atom is -0.508 e. The van der Waals surface area contributed by atoms with E-state index in [9.17, 15) is 14.7 Å². The number of phenolic OH excluding ortho intramolecular Hbond substituents is 1. The van der Waals surface area contributed by atoms with E-state index in [1.54, 1.807) is 42.7 Å². The predicted molar refractivity (Wildman–Crippen MR) is 174 cm³/mol. The number of phenols is 1. The first-order valence-corrected chi connectivity index (χ1v) is 15.1. The molecule has 0 unspecified atom stereocenters. The number of pyridine rings is 3. The van der Waals surface area contributed by atoms with Crippen molar-refractivity contribution in [2.45, 2.75) is 65.6 Å². The Morgan fingerprint density at radius 2 is 1.76 bits per heavy atom. The minimum atomic E-state index is -0.557. The lowest BCUT2D eigenvalue weighted by atomic mass is 10.0. The molecule has 3 aromatic heterocycles. The maximum Gasteiger partial charge on any atom is 0.407 e. The third-order valence-electron chi connectivity index (χ3n) is 7.48. The molecule has 5 rings (SSSR count). The number of alkyl carbamates (subject to hydrolysis) is 1. The quantitative estimate of drug-likeness (QED) is 0.224. The number of hydrogen-bond donors (Lipinski definition) is 3. The Morgan fingerprint density at radius 3 is 2.47 bits per heavy atom. The summed E-state index contributed by atoms with van der Waals surface area (Å²) in [6.07, 6.45) is 4.86. The zero-order valence-electron chi connectivity index (χ0n) is 26.4. The molecular weight excluding hydrogens is 568 g/mol. The van der Waals surface area contributed by atoms with E-state index in [2.05, 4.69) is 25.5 Å². The van der Waals surface area contributed by atoms with Gasteiger partial charge in [0.1, 0.15) is 22.9 Å². The highest BCUT2D eigenvalue weighted by Gasteiger charge is 2.25. The number of likely N-dealkylation sites (tertiary alicyclic amines) is 1. The number of carbonyl (C=O) groups excluding carboxylic acids is 2. The molecule has 0 bridgehead atoms. The van der Waals surface area contributed by atoms with E-state index in [1.165, 1.54) is 0 Å². The Bertz CT molecular complexity index is 1670. The molecule has 45 heavy (non-hydrogen) atoms. The van der Waals surface area contributed by atoms with Crippen LogP contribution in [0.15, 0.2) is 67.0 Å². The molecule has 234 valence electrons. The monoisotopic (exact) mass is 608 g/mol. The molecule has 4 heterocycles. The summed E-state index contributed by atoms with van der Waals surface area (Å²) < 4.78 is 5.46. The average molecular weight is 609 g/mol. The Balaban J connectivity index is 1.37. The summed E-state index contributed by atoms with van der Waals surface area (Å²) >= 11 is 0. The first-order valence-electron chi connectivity index (χ1n) is 15.1. The number of nitrogens with zero attached hydrogens (tertiary/aromatic N) is 4. The van der Waals surface area contributed by atoms with Crippen LogP contribution in [0.4, 0.5) is 10.6 Å². The standard InChI is InChI=1S/C35H40N6O4/c1-22-18-37-31(17-29(22)25-10-12-28(42)13-11-25)33(43)40-32-16-24(15-30(39-32)26-9-8-23(2)36-19-26)20-41-14-6-7-27(21-41)38-34(44)45-35(3,4)5/h8-13,15-19,27,42H,6-7,14,20-21H2,1-5H3,(H,38,44)(H,39,40,43)/t27-/m0/s1. The third kappa shape index (κ3) is 8.63. The second-order valence-electron chi connectivity index (χ2n) is 12.5. The van der Waals surface area contributed by atoms with Crippen molar-refractivity contribution in [3.63, 3.8) is 0 Å². The van der Waals surface area contributed by atoms with E-state index in [-0.39, 0.29) is 23.4 Å². The number of nitrogens with one attached hydrogen (secondary N) is 2. The molecule has 1 aliphatic heterocycles. The van der Waals surface area contributed by atoms with Crippen LogP contribution in [0.2, 0.25) is 0 Å². The van der Waals surface area contributed by atoms with Crippen LogP contribution < -0.4 is 10.6 Å². The van der Waals surface area contributed by atoms with Gasteiger partial charge in [-0.25, -0.2) is 9.78 Å². The fourth-order valence-corrected chi connectivity index (χ4v) is 5.34. The summed E-state index contributed by atoms with van der Waals surface area (Å²) in [5, 5.41) is 15.7. The fraction of sp³-hybridized carbons (Fsp3) is 0.343. The highest BCUT2D eigenvalue weighted by Crippen LogP contribution is 2.27. The number of hydrogen-bond acceptors (Lipinski definition) is 8. The molecule has 0 radical (unpaired) electrons. The van der Waals surface area contributed by atoms with E-state index >= 15 is 0 Å². The molecule has 10 heteroatoms. The summed E-state index contributed by atoms with van der Waals surface area (Å²) in [5.41, 5.74) is 5.72. The predicted octanol–water partition coefficient (Wildman–Crippen LogP) is 6.27. The molecule has 0 saturated carbocycles. The van der Waals surface area contributed by atoms with Crippen molar-refractivity contribution in [3.05, 3.63) is 89.5 Å². The molecular formula is C35H40N6O4. The molecule has 2 amide bonds. The molecule has 0 aliphatic carbocycles. The van der Waals surface area contributed by atoms with Crippen LogP contribution in [-0.2, 0) is 11.3 Å². The number of piperidine rings is 1. The van der Waals surface area contributed by atoms with Gasteiger partial charge in [0.25, 0.3) is 5.91 Å². The van der Waals surface area contributed by atoms with Crippen LogP contribution in [0.1, 0.15) is 60.9 Å². The van der Waals surface area contributed by atoms with Gasteiger partial charge in [0.15, 0.2) is 0 Å². The lowest BCUT2D eigenvalue weighted by Gasteiger charge is -2.33. The SMILES string of the molecule is Cc1ccc(-c2cc(CN3CCC[C@H](NC(=O)OC(C)(C)C)C3)cc(NC(=O)c3cc(-c4ccc(O)cc4)c(C)cn3)n2)cn1. The zero-order chi connectivity index (χ0) is 32.1. The molecule has 10 nitrogen and oxygen atoms in total. The van der Waals surface area contributed by atoms with Crippen LogP contribution in [0, 0.1) is 13.8 Å². The van der Waals surface area contributed by atoms with E-state index in [0.717, 1.165) is 52.9 Å². The Kier molecular flexibility index (Phi) is 9.43. The molecule has 1 saturated heterocycles. The van der Waals surface area contributed by atoms with Crippen LogP contribution >= 0.6 is 0 Å². The van der Waals surface area contributed by atoms with Gasteiger partial charge >= 0.3 is 6.09 Å². The number of carbonyl (C=O) groups is 2. The van der Waals surface area contributed by atoms with E-state index in [0.29, 0.717) is 24.6 Å². The lowest BCUT2D eigenvalue weighted by molar-refractivity contribution is 0.0470. The molecule has 1 aromatic carbocycles. The Labute approximate surface area is 263 Å². The molecule has 3 N–H and O–H groups in total. The number of rotatable bonds is 7. The Hall–Kier alpha value is -4.83. The van der Waals surface area contributed by atoms with Crippen molar-refractivity contribution in [3.8, 4) is 28.1 Å². The number of benzene rings is 1. The molecule has 1 fully saturated rings. The van der Waals surface area contributed by atoms with Crippen LogP contribution in [0.25, 0.3) is 22.4 Å². The number of aryl methyl sites for hydroxylation is 2. The highest BCUT2D eigenvalue weighted by atomic mass is 16.6. The maximum absolute atomic E-state index is 13.5. The number of amides is 2. The van der Waals surface area contributed by atoms with E-state index < -0.39 is 11.7 Å². The Morgan fingerprint density at radius 1 is 1.00 bits per heavy atom. The number of aromatic hydroxyl groups is 1. The number of ether oxygens (including phenoxy) is 1. The van der Waals surface area contributed by atoms with Crippen LogP contribution in [-0.4, -0.2) is 61.7 Å². The highest BCUT2D eigenvalue weighted by molar-refractivity contribution is 6.03. The van der Waals surface area contributed by atoms with Crippen molar-refractivity contribution < 1.29 is 19.4 Å². The van der Waals surface area contributed by atoms with E-state index in [1.807, 2.05) is 58.9 Å². The molecule has 1 aliphatic rings. The van der Waals surface area contributed by atoms with Gasteiger partial charge < -0.3 is 20.5 Å². The molecule has 0 spiro atoms. The summed E-state index contributed by atoms with van der Waals surface area (Å²) in [6, 6.07) is 16.4. The second-order valence-corrected chi connectivity index (χ2v) is 12.5. The van der Waals surface area contributed by atoms with Gasteiger partial charge in [-0.2, -0.15) is 0 Å². The first-order chi connectivity index (χ1) is 21.4. The summed E-state index contributed by atoms with van der Waals surface area (Å²) in [7, 11) is 0.